The fourth-order valence-electron chi connectivity index (χ4n) is 2.13. The number of hydrogen-bond acceptors (Lipinski definition) is 3. The predicted octanol–water partition coefficient (Wildman–Crippen LogP) is 4.32. The maximum absolute atomic E-state index is 12.4. The Morgan fingerprint density at radius 1 is 1.27 bits per heavy atom. The van der Waals surface area contributed by atoms with Crippen molar-refractivity contribution in [2.45, 2.75) is 59.5 Å². The molecule has 0 aromatic heterocycles. The summed E-state index contributed by atoms with van der Waals surface area (Å²) in [5.41, 5.74) is 0.993. The van der Waals surface area contributed by atoms with Gasteiger partial charge in [0, 0.05) is 12.3 Å². The van der Waals surface area contributed by atoms with Crippen LogP contribution in [-0.4, -0.2) is 24.7 Å². The number of aryl methyl sites for hydroxylation is 1. The number of hydrogen-bond donors (Lipinski definition) is 1. The molecule has 124 valence electrons. The molecule has 0 aliphatic heterocycles. The topological polar surface area (TPSA) is 47.6 Å². The van der Waals surface area contributed by atoms with E-state index < -0.39 is 5.60 Å². The van der Waals surface area contributed by atoms with Gasteiger partial charge < -0.3 is 14.8 Å². The molecule has 0 saturated carbocycles. The Morgan fingerprint density at radius 3 is 2.55 bits per heavy atom. The van der Waals surface area contributed by atoms with Crippen LogP contribution in [0.15, 0.2) is 18.2 Å². The lowest BCUT2D eigenvalue weighted by atomic mass is 10.0. The standard InChI is InChI=1S/C18H29NO3/c1-6-9-12-21-16-11-10-15(13-14(16)4)19-17(20)18(5,7-2)22-8-3/h10-11,13H,6-9,12H2,1-5H3,(H,19,20)/t18-/m0/s1. The van der Waals surface area contributed by atoms with Crippen molar-refractivity contribution >= 4 is 11.6 Å². The molecule has 22 heavy (non-hydrogen) atoms. The zero-order valence-corrected chi connectivity index (χ0v) is 14.5. The van der Waals surface area contributed by atoms with E-state index in [1.165, 1.54) is 0 Å². The summed E-state index contributed by atoms with van der Waals surface area (Å²) in [4.78, 5) is 12.4. The van der Waals surface area contributed by atoms with Crippen LogP contribution in [0.25, 0.3) is 0 Å². The van der Waals surface area contributed by atoms with Crippen LogP contribution in [-0.2, 0) is 9.53 Å². The van der Waals surface area contributed by atoms with Gasteiger partial charge in [0.25, 0.3) is 5.91 Å². The average Bonchev–Trinajstić information content (AvgIpc) is 2.49. The number of nitrogens with one attached hydrogen (secondary N) is 1. The second-order valence-electron chi connectivity index (χ2n) is 5.65. The number of benzene rings is 1. The third-order valence-electron chi connectivity index (χ3n) is 3.81. The van der Waals surface area contributed by atoms with Crippen LogP contribution in [0.5, 0.6) is 5.75 Å². The lowest BCUT2D eigenvalue weighted by molar-refractivity contribution is -0.139. The number of anilines is 1. The quantitative estimate of drug-likeness (QED) is 0.691. The van der Waals surface area contributed by atoms with Crippen molar-refractivity contribution in [2.24, 2.45) is 0 Å². The van der Waals surface area contributed by atoms with E-state index in [2.05, 4.69) is 12.2 Å². The van der Waals surface area contributed by atoms with E-state index in [0.29, 0.717) is 13.0 Å². The first-order chi connectivity index (χ1) is 10.5. The Bertz CT molecular complexity index is 487. The molecular weight excluding hydrogens is 278 g/mol. The lowest BCUT2D eigenvalue weighted by Crippen LogP contribution is -2.42. The van der Waals surface area contributed by atoms with Crippen LogP contribution >= 0.6 is 0 Å². The van der Waals surface area contributed by atoms with E-state index in [0.717, 1.165) is 36.4 Å². The molecule has 1 aromatic rings. The van der Waals surface area contributed by atoms with E-state index in [9.17, 15) is 4.79 Å². The highest BCUT2D eigenvalue weighted by molar-refractivity contribution is 5.97. The zero-order chi connectivity index (χ0) is 16.6. The summed E-state index contributed by atoms with van der Waals surface area (Å²) < 4.78 is 11.3. The lowest BCUT2D eigenvalue weighted by Gasteiger charge is -2.26. The van der Waals surface area contributed by atoms with Crippen molar-refractivity contribution in [3.8, 4) is 5.75 Å². The van der Waals surface area contributed by atoms with Gasteiger partial charge in [-0.25, -0.2) is 0 Å². The predicted molar refractivity (Wildman–Crippen MR) is 90.5 cm³/mol. The maximum Gasteiger partial charge on any atom is 0.256 e. The number of ether oxygens (including phenoxy) is 2. The van der Waals surface area contributed by atoms with Crippen LogP contribution in [0.4, 0.5) is 5.69 Å². The SMILES string of the molecule is CCCCOc1ccc(NC(=O)[C@](C)(CC)OCC)cc1C. The van der Waals surface area contributed by atoms with Crippen molar-refractivity contribution in [3.63, 3.8) is 0 Å². The summed E-state index contributed by atoms with van der Waals surface area (Å²) in [5, 5.41) is 2.93. The van der Waals surface area contributed by atoms with Crippen molar-refractivity contribution in [1.29, 1.82) is 0 Å². The molecule has 0 heterocycles. The number of amides is 1. The van der Waals surface area contributed by atoms with Gasteiger partial charge in [-0.15, -0.1) is 0 Å². The van der Waals surface area contributed by atoms with Gasteiger partial charge in [0.1, 0.15) is 11.4 Å². The number of carbonyl (C=O) groups excluding carboxylic acids is 1. The van der Waals surface area contributed by atoms with Gasteiger partial charge >= 0.3 is 0 Å². The highest BCUT2D eigenvalue weighted by atomic mass is 16.5. The van der Waals surface area contributed by atoms with E-state index in [4.69, 9.17) is 9.47 Å². The minimum Gasteiger partial charge on any atom is -0.493 e. The Labute approximate surface area is 134 Å². The fourth-order valence-corrected chi connectivity index (χ4v) is 2.13. The fraction of sp³-hybridized carbons (Fsp3) is 0.611. The summed E-state index contributed by atoms with van der Waals surface area (Å²) in [7, 11) is 0. The van der Waals surface area contributed by atoms with Crippen molar-refractivity contribution in [3.05, 3.63) is 23.8 Å². The van der Waals surface area contributed by atoms with Crippen molar-refractivity contribution < 1.29 is 14.3 Å². The molecule has 1 atom stereocenters. The van der Waals surface area contributed by atoms with Crippen LogP contribution in [0.3, 0.4) is 0 Å². The Morgan fingerprint density at radius 2 is 2.00 bits per heavy atom. The molecule has 0 unspecified atom stereocenters. The molecule has 0 spiro atoms. The van der Waals surface area contributed by atoms with Crippen LogP contribution in [0.2, 0.25) is 0 Å². The van der Waals surface area contributed by atoms with Crippen molar-refractivity contribution in [2.75, 3.05) is 18.5 Å². The third kappa shape index (κ3) is 5.02. The Kier molecular flexibility index (Phi) is 7.39. The van der Waals surface area contributed by atoms with E-state index >= 15 is 0 Å². The first-order valence-electron chi connectivity index (χ1n) is 8.15. The van der Waals surface area contributed by atoms with Gasteiger partial charge in [-0.05, 0) is 57.4 Å². The molecule has 0 radical (unpaired) electrons. The van der Waals surface area contributed by atoms with E-state index in [-0.39, 0.29) is 5.91 Å². The summed E-state index contributed by atoms with van der Waals surface area (Å²) >= 11 is 0. The van der Waals surface area contributed by atoms with Gasteiger partial charge in [0.15, 0.2) is 0 Å². The first-order valence-corrected chi connectivity index (χ1v) is 8.15. The molecule has 4 nitrogen and oxygen atoms in total. The molecular formula is C18H29NO3. The molecule has 0 saturated heterocycles. The maximum atomic E-state index is 12.4. The molecule has 0 aliphatic carbocycles. The molecule has 1 amide bonds. The highest BCUT2D eigenvalue weighted by Crippen LogP contribution is 2.24. The van der Waals surface area contributed by atoms with Gasteiger partial charge in [-0.2, -0.15) is 0 Å². The number of rotatable bonds is 9. The van der Waals surface area contributed by atoms with Gasteiger partial charge in [0.05, 0.1) is 6.61 Å². The summed E-state index contributed by atoms with van der Waals surface area (Å²) in [6.07, 6.45) is 2.78. The summed E-state index contributed by atoms with van der Waals surface area (Å²) in [6.45, 7) is 11.0. The second kappa shape index (κ2) is 8.79. The van der Waals surface area contributed by atoms with E-state index in [1.807, 2.05) is 45.9 Å². The van der Waals surface area contributed by atoms with Crippen molar-refractivity contribution in [1.82, 2.24) is 0 Å². The molecule has 1 rings (SSSR count). The third-order valence-corrected chi connectivity index (χ3v) is 3.81. The van der Waals surface area contributed by atoms with Gasteiger partial charge in [0.2, 0.25) is 0 Å². The molecule has 0 fully saturated rings. The van der Waals surface area contributed by atoms with Crippen LogP contribution in [0, 0.1) is 6.92 Å². The summed E-state index contributed by atoms with van der Waals surface area (Å²) in [6, 6.07) is 5.71. The Balaban J connectivity index is 2.74. The van der Waals surface area contributed by atoms with Crippen LogP contribution in [0.1, 0.15) is 52.5 Å². The van der Waals surface area contributed by atoms with Crippen LogP contribution < -0.4 is 10.1 Å². The number of carbonyl (C=O) groups is 1. The van der Waals surface area contributed by atoms with Gasteiger partial charge in [-0.3, -0.25) is 4.79 Å². The molecule has 0 bridgehead atoms. The Hall–Kier alpha value is -1.55. The molecule has 0 aliphatic rings. The van der Waals surface area contributed by atoms with Gasteiger partial charge in [-0.1, -0.05) is 20.3 Å². The summed E-state index contributed by atoms with van der Waals surface area (Å²) in [5.74, 6) is 0.755. The second-order valence-corrected chi connectivity index (χ2v) is 5.65. The average molecular weight is 307 g/mol. The number of unbranched alkanes of at least 4 members (excludes halogenated alkanes) is 1. The normalized spacial score (nSPS) is 13.5. The smallest absolute Gasteiger partial charge is 0.256 e. The zero-order valence-electron chi connectivity index (χ0n) is 14.5. The molecule has 1 N–H and O–H groups in total. The molecule has 4 heteroatoms. The minimum absolute atomic E-state index is 0.115. The monoisotopic (exact) mass is 307 g/mol. The molecule has 1 aromatic carbocycles. The highest BCUT2D eigenvalue weighted by Gasteiger charge is 2.31. The largest absolute Gasteiger partial charge is 0.493 e. The van der Waals surface area contributed by atoms with E-state index in [1.54, 1.807) is 0 Å². The first kappa shape index (κ1) is 18.5. The minimum atomic E-state index is -0.793.